The van der Waals surface area contributed by atoms with Crippen molar-refractivity contribution in [3.05, 3.63) is 41.2 Å². The summed E-state index contributed by atoms with van der Waals surface area (Å²) in [6, 6.07) is 7.33. The average Bonchev–Trinajstić information content (AvgIpc) is 3.06. The molecular weight excluding hydrogens is 348 g/mol. The molecule has 0 aliphatic heterocycles. The predicted molar refractivity (Wildman–Crippen MR) is 101 cm³/mol. The molecular formula is C19H26N4O4. The monoisotopic (exact) mass is 374 g/mol. The van der Waals surface area contributed by atoms with Crippen molar-refractivity contribution in [3.63, 3.8) is 0 Å². The number of nitrogens with zero attached hydrogens (tertiary/aromatic N) is 2. The van der Waals surface area contributed by atoms with Gasteiger partial charge in [0.05, 0.1) is 26.5 Å². The van der Waals surface area contributed by atoms with E-state index in [2.05, 4.69) is 15.7 Å². The molecule has 0 bridgehead atoms. The lowest BCUT2D eigenvalue weighted by molar-refractivity contribution is -0.120. The number of carbonyl (C=O) groups is 2. The Kier molecular flexibility index (Phi) is 7.22. The topological polar surface area (TPSA) is 94.5 Å². The van der Waals surface area contributed by atoms with E-state index in [9.17, 15) is 9.59 Å². The van der Waals surface area contributed by atoms with E-state index >= 15 is 0 Å². The van der Waals surface area contributed by atoms with Crippen molar-refractivity contribution in [2.45, 2.75) is 26.8 Å². The summed E-state index contributed by atoms with van der Waals surface area (Å²) < 4.78 is 12.1. The average molecular weight is 374 g/mol. The Bertz CT molecular complexity index is 801. The summed E-state index contributed by atoms with van der Waals surface area (Å²) in [7, 11) is 3.17. The molecule has 8 heteroatoms. The van der Waals surface area contributed by atoms with Gasteiger partial charge in [-0.3, -0.25) is 14.3 Å². The zero-order chi connectivity index (χ0) is 19.8. The Labute approximate surface area is 158 Å². The van der Waals surface area contributed by atoms with Crippen LogP contribution in [0.2, 0.25) is 0 Å². The van der Waals surface area contributed by atoms with Crippen LogP contribution in [-0.4, -0.2) is 48.9 Å². The van der Waals surface area contributed by atoms with Crippen molar-refractivity contribution in [1.29, 1.82) is 0 Å². The van der Waals surface area contributed by atoms with Gasteiger partial charge in [-0.2, -0.15) is 5.10 Å². The van der Waals surface area contributed by atoms with Crippen molar-refractivity contribution in [1.82, 2.24) is 20.4 Å². The minimum atomic E-state index is -0.313. The highest BCUT2D eigenvalue weighted by Gasteiger charge is 2.14. The Morgan fingerprint density at radius 2 is 1.85 bits per heavy atom. The molecule has 1 aromatic carbocycles. The molecule has 0 fully saturated rings. The number of methoxy groups -OCH3 is 2. The molecule has 0 radical (unpaired) electrons. The molecule has 1 aromatic heterocycles. The van der Waals surface area contributed by atoms with Gasteiger partial charge in [0.15, 0.2) is 11.5 Å². The molecule has 1 heterocycles. The van der Waals surface area contributed by atoms with Crippen LogP contribution in [0, 0.1) is 6.92 Å². The van der Waals surface area contributed by atoms with E-state index in [1.54, 1.807) is 25.0 Å². The first-order chi connectivity index (χ1) is 13.0. The van der Waals surface area contributed by atoms with Crippen LogP contribution in [0.25, 0.3) is 0 Å². The van der Waals surface area contributed by atoms with Gasteiger partial charge in [-0.25, -0.2) is 0 Å². The number of benzene rings is 1. The van der Waals surface area contributed by atoms with Crippen LogP contribution in [0.4, 0.5) is 0 Å². The molecule has 2 amide bonds. The Balaban J connectivity index is 1.78. The fraction of sp³-hybridized carbons (Fsp3) is 0.421. The second-order valence-corrected chi connectivity index (χ2v) is 5.96. The van der Waals surface area contributed by atoms with Gasteiger partial charge in [0, 0.05) is 13.1 Å². The summed E-state index contributed by atoms with van der Waals surface area (Å²) >= 11 is 0. The van der Waals surface area contributed by atoms with Gasteiger partial charge in [-0.1, -0.05) is 6.07 Å². The fourth-order valence-corrected chi connectivity index (χ4v) is 2.67. The lowest BCUT2D eigenvalue weighted by Gasteiger charge is -2.10. The van der Waals surface area contributed by atoms with Crippen LogP contribution in [0.1, 0.15) is 28.7 Å². The molecule has 0 unspecified atom stereocenters. The van der Waals surface area contributed by atoms with E-state index in [0.29, 0.717) is 36.7 Å². The Morgan fingerprint density at radius 3 is 2.52 bits per heavy atom. The number of nitrogens with one attached hydrogen (secondary N) is 2. The van der Waals surface area contributed by atoms with Gasteiger partial charge < -0.3 is 20.1 Å². The van der Waals surface area contributed by atoms with Crippen LogP contribution in [0.5, 0.6) is 11.5 Å². The second kappa shape index (κ2) is 9.61. The third-order valence-electron chi connectivity index (χ3n) is 4.03. The summed E-state index contributed by atoms with van der Waals surface area (Å²) in [5.41, 5.74) is 2.23. The van der Waals surface area contributed by atoms with Crippen LogP contribution < -0.4 is 20.1 Å². The van der Waals surface area contributed by atoms with Crippen molar-refractivity contribution in [2.75, 3.05) is 27.3 Å². The maximum atomic E-state index is 12.2. The SMILES string of the molecule is CCn1nc(C)cc1C(=O)NCC(=O)NCCc1ccc(OC)c(OC)c1. The Hall–Kier alpha value is -3.03. The number of ether oxygens (including phenoxy) is 2. The summed E-state index contributed by atoms with van der Waals surface area (Å²) in [4.78, 5) is 24.1. The van der Waals surface area contributed by atoms with Gasteiger partial charge >= 0.3 is 0 Å². The number of aryl methyl sites for hydroxylation is 2. The minimum absolute atomic E-state index is 0.0846. The lowest BCUT2D eigenvalue weighted by atomic mass is 10.1. The molecule has 0 saturated carbocycles. The Morgan fingerprint density at radius 1 is 1.11 bits per heavy atom. The third kappa shape index (κ3) is 5.47. The fourth-order valence-electron chi connectivity index (χ4n) is 2.67. The maximum Gasteiger partial charge on any atom is 0.269 e. The van der Waals surface area contributed by atoms with Gasteiger partial charge in [0.25, 0.3) is 5.91 Å². The first kappa shape index (κ1) is 20.3. The van der Waals surface area contributed by atoms with Gasteiger partial charge in [-0.15, -0.1) is 0 Å². The predicted octanol–water partition coefficient (Wildman–Crippen LogP) is 1.32. The molecule has 0 aliphatic carbocycles. The van der Waals surface area contributed by atoms with Crippen LogP contribution in [-0.2, 0) is 17.8 Å². The summed E-state index contributed by atoms with van der Waals surface area (Å²) in [5, 5.41) is 9.63. The summed E-state index contributed by atoms with van der Waals surface area (Å²) in [6.07, 6.45) is 0.641. The van der Waals surface area contributed by atoms with E-state index in [1.807, 2.05) is 32.0 Å². The minimum Gasteiger partial charge on any atom is -0.493 e. The molecule has 2 rings (SSSR count). The number of amides is 2. The molecule has 0 spiro atoms. The van der Waals surface area contributed by atoms with Crippen LogP contribution in [0.15, 0.2) is 24.3 Å². The van der Waals surface area contributed by atoms with Gasteiger partial charge in [0.1, 0.15) is 5.69 Å². The third-order valence-corrected chi connectivity index (χ3v) is 4.03. The van der Waals surface area contributed by atoms with Crippen molar-refractivity contribution < 1.29 is 19.1 Å². The summed E-state index contributed by atoms with van der Waals surface area (Å²) in [5.74, 6) is 0.751. The first-order valence-electron chi connectivity index (χ1n) is 8.78. The smallest absolute Gasteiger partial charge is 0.269 e. The van der Waals surface area contributed by atoms with E-state index in [0.717, 1.165) is 11.3 Å². The molecule has 2 N–H and O–H groups in total. The van der Waals surface area contributed by atoms with Crippen molar-refractivity contribution >= 4 is 11.8 Å². The number of carbonyl (C=O) groups excluding carboxylic acids is 2. The molecule has 0 atom stereocenters. The second-order valence-electron chi connectivity index (χ2n) is 5.96. The normalized spacial score (nSPS) is 10.4. The zero-order valence-corrected chi connectivity index (χ0v) is 16.2. The van der Waals surface area contributed by atoms with E-state index < -0.39 is 0 Å². The largest absolute Gasteiger partial charge is 0.493 e. The van der Waals surface area contributed by atoms with Gasteiger partial charge in [-0.05, 0) is 44.0 Å². The van der Waals surface area contributed by atoms with Crippen LogP contribution >= 0.6 is 0 Å². The van der Waals surface area contributed by atoms with E-state index in [1.165, 1.54) is 0 Å². The molecule has 146 valence electrons. The highest BCUT2D eigenvalue weighted by molar-refractivity contribution is 5.95. The quantitative estimate of drug-likeness (QED) is 0.690. The number of hydrogen-bond acceptors (Lipinski definition) is 5. The lowest BCUT2D eigenvalue weighted by Crippen LogP contribution is -2.38. The molecule has 8 nitrogen and oxygen atoms in total. The van der Waals surface area contributed by atoms with Gasteiger partial charge in [0.2, 0.25) is 5.91 Å². The zero-order valence-electron chi connectivity index (χ0n) is 16.2. The van der Waals surface area contributed by atoms with Crippen LogP contribution in [0.3, 0.4) is 0 Å². The maximum absolute atomic E-state index is 12.2. The molecule has 2 aromatic rings. The highest BCUT2D eigenvalue weighted by atomic mass is 16.5. The number of aromatic nitrogens is 2. The standard InChI is InChI=1S/C19H26N4O4/c1-5-23-15(10-13(2)22-23)19(25)21-12-18(24)20-9-8-14-6-7-16(26-3)17(11-14)27-4/h6-7,10-11H,5,8-9,12H2,1-4H3,(H,20,24)(H,21,25). The highest BCUT2D eigenvalue weighted by Crippen LogP contribution is 2.27. The first-order valence-corrected chi connectivity index (χ1v) is 8.78. The number of hydrogen-bond donors (Lipinski definition) is 2. The molecule has 0 aliphatic rings. The van der Waals surface area contributed by atoms with E-state index in [-0.39, 0.29) is 18.4 Å². The van der Waals surface area contributed by atoms with Crippen molar-refractivity contribution in [2.24, 2.45) is 0 Å². The summed E-state index contributed by atoms with van der Waals surface area (Å²) in [6.45, 7) is 4.69. The number of rotatable bonds is 9. The van der Waals surface area contributed by atoms with E-state index in [4.69, 9.17) is 9.47 Å². The molecule has 27 heavy (non-hydrogen) atoms. The molecule has 0 saturated heterocycles. The van der Waals surface area contributed by atoms with Crippen molar-refractivity contribution in [3.8, 4) is 11.5 Å².